The number of hydrogen-bond donors (Lipinski definition) is 1. The molecule has 5 nitrogen and oxygen atoms in total. The molecule has 192 valence electrons. The lowest BCUT2D eigenvalue weighted by atomic mass is 9.74. The maximum Gasteiger partial charge on any atom is 0.309 e. The van der Waals surface area contributed by atoms with E-state index in [2.05, 4.69) is 9.88 Å². The van der Waals surface area contributed by atoms with Gasteiger partial charge in [0.2, 0.25) is 0 Å². The number of pyridine rings is 1. The first kappa shape index (κ1) is 26.7. The number of aromatic nitrogens is 1. The van der Waals surface area contributed by atoms with Gasteiger partial charge in [-0.3, -0.25) is 9.78 Å². The Bertz CT molecular complexity index is 1200. The number of carboxylic acids is 1. The number of ether oxygens (including phenoxy) is 1. The quantitative estimate of drug-likeness (QED) is 0.220. The van der Waals surface area contributed by atoms with Crippen LogP contribution >= 0.6 is 23.4 Å². The summed E-state index contributed by atoms with van der Waals surface area (Å²) >= 11 is 8.15. The topological polar surface area (TPSA) is 62.7 Å². The zero-order chi connectivity index (χ0) is 25.5. The van der Waals surface area contributed by atoms with E-state index in [1.165, 1.54) is 6.07 Å². The highest BCUT2D eigenvalue weighted by Crippen LogP contribution is 2.38. The summed E-state index contributed by atoms with van der Waals surface area (Å²) in [7, 11) is 1.63. The molecule has 0 atom stereocenters. The predicted molar refractivity (Wildman–Crippen MR) is 144 cm³/mol. The molecule has 1 aliphatic rings. The lowest BCUT2D eigenvalue weighted by Crippen LogP contribution is -2.44. The molecular formula is C28H32ClFN2O3S. The smallest absolute Gasteiger partial charge is 0.309 e. The fraction of sp³-hybridized carbons (Fsp3) is 0.429. The number of hydrogen-bond acceptors (Lipinski definition) is 5. The number of carboxylic acid groups (broad SMARTS) is 1. The van der Waals surface area contributed by atoms with Gasteiger partial charge in [0.15, 0.2) is 0 Å². The van der Waals surface area contributed by atoms with Crippen molar-refractivity contribution < 1.29 is 19.0 Å². The molecule has 1 aromatic heterocycles. The summed E-state index contributed by atoms with van der Waals surface area (Å²) in [6, 6.07) is 12.4. The first-order chi connectivity index (χ1) is 17.4. The monoisotopic (exact) mass is 530 g/mol. The van der Waals surface area contributed by atoms with Gasteiger partial charge in [0.25, 0.3) is 0 Å². The Balaban J connectivity index is 1.29. The lowest BCUT2D eigenvalue weighted by molar-refractivity contribution is -0.152. The van der Waals surface area contributed by atoms with E-state index in [9.17, 15) is 14.3 Å². The van der Waals surface area contributed by atoms with Gasteiger partial charge < -0.3 is 14.7 Å². The van der Waals surface area contributed by atoms with E-state index >= 15 is 0 Å². The standard InChI is InChI=1S/C28H32ClFN2O3S/c1-35-21-8-9-26-24(18-21)23(25(29)19-31-26)7-3-10-28(27(33)34)11-14-32(15-12-28)13-4-16-36-22-6-2-5-20(30)17-22/h2,5-6,8-9,17-19H,3-4,7,10-16H2,1H3,(H,33,34). The predicted octanol–water partition coefficient (Wildman–Crippen LogP) is 6.71. The van der Waals surface area contributed by atoms with Crippen molar-refractivity contribution in [2.45, 2.75) is 43.4 Å². The number of fused-ring (bicyclic) bond motifs is 1. The highest BCUT2D eigenvalue weighted by atomic mass is 35.5. The SMILES string of the molecule is COc1ccc2ncc(Cl)c(CCCC3(C(=O)O)CCN(CCCSc4cccc(F)c4)CC3)c2c1. The van der Waals surface area contributed by atoms with E-state index in [0.29, 0.717) is 30.7 Å². The molecule has 1 aliphatic heterocycles. The van der Waals surface area contributed by atoms with E-state index < -0.39 is 11.4 Å². The third kappa shape index (κ3) is 6.50. The molecule has 0 unspecified atom stereocenters. The minimum absolute atomic E-state index is 0.208. The van der Waals surface area contributed by atoms with E-state index in [-0.39, 0.29) is 5.82 Å². The molecule has 2 heterocycles. The van der Waals surface area contributed by atoms with Crippen LogP contribution in [0, 0.1) is 11.2 Å². The maximum absolute atomic E-state index is 13.3. The van der Waals surface area contributed by atoms with Crippen molar-refractivity contribution in [1.82, 2.24) is 9.88 Å². The van der Waals surface area contributed by atoms with Gasteiger partial charge in [-0.05, 0) is 106 Å². The van der Waals surface area contributed by atoms with Gasteiger partial charge in [-0.1, -0.05) is 17.7 Å². The number of methoxy groups -OCH3 is 1. The van der Waals surface area contributed by atoms with Gasteiger partial charge >= 0.3 is 5.97 Å². The molecule has 1 saturated heterocycles. The Labute approximate surface area is 221 Å². The Kier molecular flexibility index (Phi) is 9.09. The lowest BCUT2D eigenvalue weighted by Gasteiger charge is -2.39. The fourth-order valence-corrected chi connectivity index (χ4v) is 6.12. The average Bonchev–Trinajstić information content (AvgIpc) is 2.88. The van der Waals surface area contributed by atoms with Gasteiger partial charge in [0.1, 0.15) is 11.6 Å². The first-order valence-electron chi connectivity index (χ1n) is 12.4. The largest absolute Gasteiger partial charge is 0.497 e. The Hall–Kier alpha value is -2.35. The highest BCUT2D eigenvalue weighted by molar-refractivity contribution is 7.99. The number of benzene rings is 2. The third-order valence-electron chi connectivity index (χ3n) is 7.17. The second-order valence-electron chi connectivity index (χ2n) is 9.41. The van der Waals surface area contributed by atoms with Crippen LogP contribution in [-0.2, 0) is 11.2 Å². The molecule has 0 bridgehead atoms. The van der Waals surface area contributed by atoms with Crippen molar-refractivity contribution in [3.63, 3.8) is 0 Å². The number of carbonyl (C=O) groups is 1. The number of likely N-dealkylation sites (tertiary alicyclic amines) is 1. The molecule has 0 aliphatic carbocycles. The molecule has 0 spiro atoms. The van der Waals surface area contributed by atoms with E-state index in [0.717, 1.165) is 65.3 Å². The Morgan fingerprint density at radius 1 is 1.22 bits per heavy atom. The van der Waals surface area contributed by atoms with Crippen molar-refractivity contribution in [3.8, 4) is 5.75 Å². The fourth-order valence-electron chi connectivity index (χ4n) is 5.00. The van der Waals surface area contributed by atoms with Gasteiger partial charge in [-0.25, -0.2) is 4.39 Å². The van der Waals surface area contributed by atoms with Gasteiger partial charge in [-0.15, -0.1) is 11.8 Å². The number of rotatable bonds is 11. The maximum atomic E-state index is 13.3. The minimum Gasteiger partial charge on any atom is -0.497 e. The van der Waals surface area contributed by atoms with Crippen molar-refractivity contribution in [3.05, 3.63) is 65.1 Å². The van der Waals surface area contributed by atoms with Gasteiger partial charge in [0, 0.05) is 16.5 Å². The summed E-state index contributed by atoms with van der Waals surface area (Å²) in [6.45, 7) is 2.50. The molecule has 2 aromatic carbocycles. The normalized spacial score (nSPS) is 15.8. The number of piperidine rings is 1. The summed E-state index contributed by atoms with van der Waals surface area (Å²) in [5.74, 6) is 0.753. The van der Waals surface area contributed by atoms with Crippen LogP contribution in [0.15, 0.2) is 53.6 Å². The van der Waals surface area contributed by atoms with E-state index in [1.54, 1.807) is 37.2 Å². The molecule has 1 fully saturated rings. The van der Waals surface area contributed by atoms with Crippen LogP contribution < -0.4 is 4.74 Å². The van der Waals surface area contributed by atoms with Crippen LogP contribution in [0.1, 0.15) is 37.7 Å². The summed E-state index contributed by atoms with van der Waals surface area (Å²) in [5, 5.41) is 11.7. The van der Waals surface area contributed by atoms with E-state index in [4.69, 9.17) is 16.3 Å². The molecule has 36 heavy (non-hydrogen) atoms. The number of halogens is 2. The zero-order valence-corrected chi connectivity index (χ0v) is 22.1. The van der Waals surface area contributed by atoms with Crippen LogP contribution in [0.4, 0.5) is 4.39 Å². The number of aryl methyl sites for hydroxylation is 1. The molecular weight excluding hydrogens is 499 g/mol. The van der Waals surface area contributed by atoms with Crippen LogP contribution in [-0.4, -0.2) is 53.5 Å². The summed E-state index contributed by atoms with van der Waals surface area (Å²) in [5.41, 5.74) is 1.15. The van der Waals surface area contributed by atoms with Crippen LogP contribution in [0.3, 0.4) is 0 Å². The Morgan fingerprint density at radius 3 is 2.75 bits per heavy atom. The van der Waals surface area contributed by atoms with Crippen LogP contribution in [0.2, 0.25) is 5.02 Å². The zero-order valence-electron chi connectivity index (χ0n) is 20.5. The Morgan fingerprint density at radius 2 is 2.03 bits per heavy atom. The van der Waals surface area contributed by atoms with Crippen molar-refractivity contribution >= 4 is 40.2 Å². The molecule has 1 N–H and O–H groups in total. The van der Waals surface area contributed by atoms with E-state index in [1.807, 2.05) is 24.3 Å². The number of aliphatic carboxylic acids is 1. The molecule has 0 radical (unpaired) electrons. The summed E-state index contributed by atoms with van der Waals surface area (Å²) in [6.07, 6.45) is 6.02. The molecule has 0 saturated carbocycles. The third-order valence-corrected chi connectivity index (χ3v) is 8.57. The van der Waals surface area contributed by atoms with Crippen LogP contribution in [0.25, 0.3) is 10.9 Å². The van der Waals surface area contributed by atoms with Gasteiger partial charge in [0.05, 0.1) is 23.1 Å². The second-order valence-corrected chi connectivity index (χ2v) is 11.0. The molecule has 4 rings (SSSR count). The minimum atomic E-state index is -0.698. The molecule has 8 heteroatoms. The van der Waals surface area contributed by atoms with Gasteiger partial charge in [-0.2, -0.15) is 0 Å². The highest BCUT2D eigenvalue weighted by Gasteiger charge is 2.40. The summed E-state index contributed by atoms with van der Waals surface area (Å²) < 4.78 is 18.7. The first-order valence-corrected chi connectivity index (χ1v) is 13.7. The van der Waals surface area contributed by atoms with Crippen molar-refractivity contribution in [2.24, 2.45) is 5.41 Å². The number of thioether (sulfide) groups is 1. The number of nitrogens with zero attached hydrogens (tertiary/aromatic N) is 2. The van der Waals surface area contributed by atoms with Crippen molar-refractivity contribution in [1.29, 1.82) is 0 Å². The van der Waals surface area contributed by atoms with Crippen molar-refractivity contribution in [2.75, 3.05) is 32.5 Å². The summed E-state index contributed by atoms with van der Waals surface area (Å²) in [4.78, 5) is 20.0. The molecule has 3 aromatic rings. The second kappa shape index (κ2) is 12.3. The molecule has 0 amide bonds. The van der Waals surface area contributed by atoms with Crippen LogP contribution in [0.5, 0.6) is 5.75 Å². The average molecular weight is 531 g/mol.